The molecule has 186 valence electrons. The van der Waals surface area contributed by atoms with Gasteiger partial charge in [-0.3, -0.25) is 9.59 Å². The maximum atomic E-state index is 13.8. The Morgan fingerprint density at radius 3 is 2.43 bits per heavy atom. The van der Waals surface area contributed by atoms with E-state index >= 15 is 0 Å². The molecule has 2 aliphatic rings. The zero-order valence-corrected chi connectivity index (χ0v) is 19.2. The number of carbonyl (C=O) groups excluding carboxylic acids is 3. The number of urea groups is 1. The van der Waals surface area contributed by atoms with Crippen molar-refractivity contribution in [2.45, 2.75) is 25.1 Å². The summed E-state index contributed by atoms with van der Waals surface area (Å²) in [5.74, 6) is -1.18. The van der Waals surface area contributed by atoms with Gasteiger partial charge in [-0.2, -0.15) is 13.2 Å². The van der Waals surface area contributed by atoms with Crippen molar-refractivity contribution in [1.29, 1.82) is 0 Å². The molecule has 1 atom stereocenters. The van der Waals surface area contributed by atoms with Gasteiger partial charge in [-0.25, -0.2) is 4.79 Å². The van der Waals surface area contributed by atoms with E-state index < -0.39 is 35.6 Å². The van der Waals surface area contributed by atoms with Crippen molar-refractivity contribution in [3.8, 4) is 0 Å². The Morgan fingerprint density at radius 1 is 1.03 bits per heavy atom. The number of likely N-dealkylation sites (tertiary alicyclic amines) is 1. The van der Waals surface area contributed by atoms with Crippen molar-refractivity contribution in [3.05, 3.63) is 53.1 Å². The lowest BCUT2D eigenvalue weighted by Gasteiger charge is -2.29. The minimum Gasteiger partial charge on any atom is -0.370 e. The van der Waals surface area contributed by atoms with Gasteiger partial charge in [0, 0.05) is 29.5 Å². The Balaban J connectivity index is 1.49. The molecule has 2 heterocycles. The van der Waals surface area contributed by atoms with E-state index in [9.17, 15) is 27.6 Å². The van der Waals surface area contributed by atoms with Crippen LogP contribution in [0.4, 0.5) is 35.0 Å². The highest BCUT2D eigenvalue weighted by Crippen LogP contribution is 2.39. The van der Waals surface area contributed by atoms with Gasteiger partial charge in [-0.05, 0) is 55.3 Å². The van der Waals surface area contributed by atoms with Gasteiger partial charge in [-0.1, -0.05) is 11.6 Å². The van der Waals surface area contributed by atoms with Crippen molar-refractivity contribution in [3.63, 3.8) is 0 Å². The van der Waals surface area contributed by atoms with Crippen LogP contribution < -0.4 is 15.5 Å². The summed E-state index contributed by atoms with van der Waals surface area (Å²) in [6.07, 6.45) is -3.82. The molecule has 35 heavy (non-hydrogen) atoms. The van der Waals surface area contributed by atoms with Crippen LogP contribution >= 0.6 is 11.6 Å². The molecule has 0 saturated carbocycles. The molecule has 0 bridgehead atoms. The molecule has 4 rings (SSSR count). The van der Waals surface area contributed by atoms with E-state index in [1.165, 1.54) is 11.0 Å². The first-order valence-corrected chi connectivity index (χ1v) is 11.2. The number of hydrogen-bond donors (Lipinski definition) is 2. The van der Waals surface area contributed by atoms with Gasteiger partial charge >= 0.3 is 12.2 Å². The molecule has 2 aromatic carbocycles. The Kier molecular flexibility index (Phi) is 7.18. The molecule has 0 aromatic heterocycles. The van der Waals surface area contributed by atoms with Crippen LogP contribution in [0.5, 0.6) is 0 Å². The molecule has 2 saturated heterocycles. The van der Waals surface area contributed by atoms with Crippen LogP contribution in [0.25, 0.3) is 0 Å². The second-order valence-electron chi connectivity index (χ2n) is 8.11. The first kappa shape index (κ1) is 24.8. The number of rotatable bonds is 4. The highest BCUT2D eigenvalue weighted by molar-refractivity contribution is 6.30. The number of anilines is 3. The molecule has 0 radical (unpaired) electrons. The number of alkyl halides is 3. The fourth-order valence-electron chi connectivity index (χ4n) is 4.09. The van der Waals surface area contributed by atoms with Crippen LogP contribution in [0.15, 0.2) is 42.5 Å². The van der Waals surface area contributed by atoms with Gasteiger partial charge in [0.15, 0.2) is 0 Å². The van der Waals surface area contributed by atoms with Gasteiger partial charge < -0.3 is 25.2 Å². The summed E-state index contributed by atoms with van der Waals surface area (Å²) in [6.45, 7) is 0.138. The van der Waals surface area contributed by atoms with E-state index in [1.54, 1.807) is 24.3 Å². The molecule has 2 N–H and O–H groups in total. The summed E-state index contributed by atoms with van der Waals surface area (Å²) in [7, 11) is 0. The third-order valence-electron chi connectivity index (χ3n) is 5.76. The first-order valence-electron chi connectivity index (χ1n) is 10.9. The number of nitrogens with one attached hydrogen (secondary N) is 2. The number of ether oxygens (including phenoxy) is 1. The van der Waals surface area contributed by atoms with Crippen molar-refractivity contribution in [1.82, 2.24) is 4.90 Å². The second-order valence-corrected chi connectivity index (χ2v) is 8.54. The molecular weight excluding hydrogens is 489 g/mol. The van der Waals surface area contributed by atoms with Crippen molar-refractivity contribution in [2.75, 3.05) is 41.8 Å². The topological polar surface area (TPSA) is 91.0 Å². The Bertz CT molecular complexity index is 1130. The molecule has 0 spiro atoms. The Labute approximate surface area is 204 Å². The molecule has 2 aromatic rings. The number of benzene rings is 2. The van der Waals surface area contributed by atoms with Gasteiger partial charge in [0.25, 0.3) is 5.91 Å². The van der Waals surface area contributed by atoms with E-state index in [4.69, 9.17) is 16.3 Å². The minimum absolute atomic E-state index is 0.00656. The van der Waals surface area contributed by atoms with Crippen LogP contribution in [0, 0.1) is 0 Å². The summed E-state index contributed by atoms with van der Waals surface area (Å²) < 4.78 is 46.4. The number of halogens is 4. The lowest BCUT2D eigenvalue weighted by Crippen LogP contribution is -2.45. The molecule has 8 nitrogen and oxygen atoms in total. The predicted octanol–water partition coefficient (Wildman–Crippen LogP) is 4.36. The predicted molar refractivity (Wildman–Crippen MR) is 123 cm³/mol. The van der Waals surface area contributed by atoms with Crippen LogP contribution in [0.1, 0.15) is 18.4 Å². The fraction of sp³-hybridized carbons (Fsp3) is 0.348. The summed E-state index contributed by atoms with van der Waals surface area (Å²) in [5, 5.41) is 5.68. The number of morpholine rings is 1. The molecule has 4 amide bonds. The standard InChI is InChI=1S/C23H22ClF3N4O4/c24-14-3-5-15(6-4-14)29-22(34)31-9-1-2-19(31)21(33)28-16-7-8-18(17(12-16)23(25,26)27)30-10-11-35-13-20(30)32/h3-8,12,19H,1-2,9-11,13H2,(H,28,33)(H,29,34). The highest BCUT2D eigenvalue weighted by atomic mass is 35.5. The van der Waals surface area contributed by atoms with Crippen LogP contribution in [-0.4, -0.2) is 55.1 Å². The van der Waals surface area contributed by atoms with Crippen molar-refractivity contribution >= 4 is 46.5 Å². The molecule has 12 heteroatoms. The molecular formula is C23H22ClF3N4O4. The maximum Gasteiger partial charge on any atom is 0.418 e. The largest absolute Gasteiger partial charge is 0.418 e. The third kappa shape index (κ3) is 5.68. The molecule has 0 aliphatic carbocycles. The quantitative estimate of drug-likeness (QED) is 0.639. The average molecular weight is 511 g/mol. The van der Waals surface area contributed by atoms with Crippen molar-refractivity contribution in [2.24, 2.45) is 0 Å². The normalized spacial score (nSPS) is 18.5. The fourth-order valence-corrected chi connectivity index (χ4v) is 4.21. The zero-order valence-electron chi connectivity index (χ0n) is 18.4. The van der Waals surface area contributed by atoms with E-state index in [1.807, 2.05) is 0 Å². The number of nitrogens with zero attached hydrogens (tertiary/aromatic N) is 2. The van der Waals surface area contributed by atoms with Crippen molar-refractivity contribution < 1.29 is 32.3 Å². The van der Waals surface area contributed by atoms with Crippen LogP contribution in [-0.2, 0) is 20.5 Å². The highest BCUT2D eigenvalue weighted by Gasteiger charge is 2.38. The minimum atomic E-state index is -4.76. The third-order valence-corrected chi connectivity index (χ3v) is 6.01. The summed E-state index contributed by atoms with van der Waals surface area (Å²) in [6, 6.07) is 8.35. The second kappa shape index (κ2) is 10.1. The van der Waals surface area contributed by atoms with Gasteiger partial charge in [-0.15, -0.1) is 0 Å². The monoisotopic (exact) mass is 510 g/mol. The van der Waals surface area contributed by atoms with Gasteiger partial charge in [0.2, 0.25) is 5.91 Å². The smallest absolute Gasteiger partial charge is 0.370 e. The van der Waals surface area contributed by atoms with E-state index in [0.717, 1.165) is 17.0 Å². The van der Waals surface area contributed by atoms with E-state index in [2.05, 4.69) is 10.6 Å². The number of carbonyl (C=O) groups is 3. The van der Waals surface area contributed by atoms with E-state index in [-0.39, 0.29) is 31.1 Å². The Hall–Kier alpha value is -3.31. The average Bonchev–Trinajstić information content (AvgIpc) is 3.31. The van der Waals surface area contributed by atoms with Crippen LogP contribution in [0.3, 0.4) is 0 Å². The lowest BCUT2D eigenvalue weighted by atomic mass is 10.1. The lowest BCUT2D eigenvalue weighted by molar-refractivity contribution is -0.137. The number of amides is 4. The van der Waals surface area contributed by atoms with E-state index in [0.29, 0.717) is 30.1 Å². The van der Waals surface area contributed by atoms with Gasteiger partial charge in [0.05, 0.1) is 17.9 Å². The van der Waals surface area contributed by atoms with Crippen LogP contribution in [0.2, 0.25) is 5.02 Å². The first-order chi connectivity index (χ1) is 16.6. The SMILES string of the molecule is O=C(Nc1ccc(N2CCOCC2=O)c(C(F)(F)F)c1)C1CCCN1C(=O)Nc1ccc(Cl)cc1. The summed E-state index contributed by atoms with van der Waals surface area (Å²) >= 11 is 5.85. The molecule has 2 aliphatic heterocycles. The molecule has 1 unspecified atom stereocenters. The Morgan fingerprint density at radius 2 is 1.74 bits per heavy atom. The molecule has 2 fully saturated rings. The number of hydrogen-bond acceptors (Lipinski definition) is 4. The summed E-state index contributed by atoms with van der Waals surface area (Å²) in [5.41, 5.74) is -0.937. The summed E-state index contributed by atoms with van der Waals surface area (Å²) in [4.78, 5) is 40.1. The maximum absolute atomic E-state index is 13.8. The zero-order chi connectivity index (χ0) is 25.2. The van der Waals surface area contributed by atoms with Gasteiger partial charge in [0.1, 0.15) is 12.6 Å².